The van der Waals surface area contributed by atoms with Gasteiger partial charge in [0, 0.05) is 19.3 Å². The minimum atomic E-state index is -0.494. The van der Waals surface area contributed by atoms with Crippen LogP contribution in [-0.2, 0) is 6.54 Å². The van der Waals surface area contributed by atoms with Crippen LogP contribution in [-0.4, -0.2) is 32.8 Å². The van der Waals surface area contributed by atoms with Gasteiger partial charge in [-0.1, -0.05) is 12.1 Å². The molecule has 1 aromatic carbocycles. The normalized spacial score (nSPS) is 13.8. The Morgan fingerprint density at radius 3 is 2.33 bits per heavy atom. The highest BCUT2D eigenvalue weighted by atomic mass is 16.4. The number of amides is 2. The Morgan fingerprint density at radius 2 is 1.62 bits per heavy atom. The van der Waals surface area contributed by atoms with Gasteiger partial charge in [-0.25, -0.2) is 9.78 Å². The molecular weight excluding hydrogens is 310 g/mol. The van der Waals surface area contributed by atoms with Gasteiger partial charge in [0.1, 0.15) is 0 Å². The van der Waals surface area contributed by atoms with Gasteiger partial charge in [-0.05, 0) is 30.7 Å². The molecule has 0 spiro atoms. The van der Waals surface area contributed by atoms with Gasteiger partial charge in [0.25, 0.3) is 11.8 Å². The van der Waals surface area contributed by atoms with E-state index in [0.29, 0.717) is 35.3 Å². The lowest BCUT2D eigenvalue weighted by Crippen LogP contribution is -2.31. The Bertz CT molecular complexity index is 983. The maximum atomic E-state index is 12.3. The highest BCUT2D eigenvalue weighted by molar-refractivity contribution is 6.21. The van der Waals surface area contributed by atoms with Gasteiger partial charge in [-0.2, -0.15) is 0 Å². The zero-order chi connectivity index (χ0) is 16.7. The van der Waals surface area contributed by atoms with Crippen molar-refractivity contribution >= 4 is 23.0 Å². The van der Waals surface area contributed by atoms with Crippen LogP contribution >= 0.6 is 0 Å². The van der Waals surface area contributed by atoms with Crippen LogP contribution in [0, 0.1) is 0 Å². The zero-order valence-electron chi connectivity index (χ0n) is 12.6. The van der Waals surface area contributed by atoms with Crippen molar-refractivity contribution in [1.82, 2.24) is 14.5 Å². The molecule has 7 nitrogen and oxygen atoms in total. The number of carbonyl (C=O) groups excluding carboxylic acids is 2. The van der Waals surface area contributed by atoms with E-state index in [-0.39, 0.29) is 18.4 Å². The molecule has 3 aromatic rings. The molecule has 120 valence electrons. The van der Waals surface area contributed by atoms with Crippen molar-refractivity contribution in [2.24, 2.45) is 0 Å². The van der Waals surface area contributed by atoms with Crippen LogP contribution in [0.2, 0.25) is 0 Å². The molecule has 1 aliphatic heterocycles. The molecule has 0 radical (unpaired) electrons. The summed E-state index contributed by atoms with van der Waals surface area (Å²) < 4.78 is 6.52. The van der Waals surface area contributed by atoms with Crippen LogP contribution in [0.15, 0.2) is 51.8 Å². The van der Waals surface area contributed by atoms with Crippen molar-refractivity contribution in [3.05, 3.63) is 64.3 Å². The molecule has 0 aliphatic carbocycles. The number of hydrogen-bond donors (Lipinski definition) is 0. The quantitative estimate of drug-likeness (QED) is 0.682. The lowest BCUT2D eigenvalue weighted by Gasteiger charge is -2.13. The SMILES string of the molecule is O=C1c2ccccc2C(=O)N1CCCn1c(=O)oc2cccnc21. The lowest BCUT2D eigenvalue weighted by atomic mass is 10.1. The van der Waals surface area contributed by atoms with E-state index >= 15 is 0 Å². The van der Waals surface area contributed by atoms with Crippen molar-refractivity contribution < 1.29 is 14.0 Å². The highest BCUT2D eigenvalue weighted by Gasteiger charge is 2.34. The smallest absolute Gasteiger partial charge is 0.406 e. The Kier molecular flexibility index (Phi) is 3.26. The summed E-state index contributed by atoms with van der Waals surface area (Å²) in [5, 5.41) is 0. The Labute approximate surface area is 136 Å². The number of rotatable bonds is 4. The second-order valence-corrected chi connectivity index (χ2v) is 5.51. The number of pyridine rings is 1. The van der Waals surface area contributed by atoms with Crippen LogP contribution in [0.4, 0.5) is 0 Å². The van der Waals surface area contributed by atoms with E-state index in [0.717, 1.165) is 0 Å². The molecule has 0 atom stereocenters. The number of oxazole rings is 1. The summed E-state index contributed by atoms with van der Waals surface area (Å²) in [5.74, 6) is -1.08. The van der Waals surface area contributed by atoms with Gasteiger partial charge in [-0.3, -0.25) is 19.1 Å². The van der Waals surface area contributed by atoms with Crippen LogP contribution in [0.5, 0.6) is 0 Å². The van der Waals surface area contributed by atoms with Gasteiger partial charge >= 0.3 is 5.76 Å². The largest absolute Gasteiger partial charge is 0.421 e. The van der Waals surface area contributed by atoms with Gasteiger partial charge in [0.15, 0.2) is 11.2 Å². The maximum Gasteiger partial charge on any atom is 0.421 e. The minimum absolute atomic E-state index is 0.234. The van der Waals surface area contributed by atoms with Crippen LogP contribution < -0.4 is 5.76 Å². The molecule has 3 heterocycles. The summed E-state index contributed by atoms with van der Waals surface area (Å²) in [4.78, 5) is 41.8. The summed E-state index contributed by atoms with van der Waals surface area (Å²) in [6.07, 6.45) is 2.02. The average molecular weight is 323 g/mol. The van der Waals surface area contributed by atoms with E-state index in [1.165, 1.54) is 9.47 Å². The first-order valence-electron chi connectivity index (χ1n) is 7.56. The fourth-order valence-electron chi connectivity index (χ4n) is 2.93. The predicted octanol–water partition coefficient (Wildman–Crippen LogP) is 1.68. The molecule has 0 unspecified atom stereocenters. The first kappa shape index (κ1) is 14.4. The van der Waals surface area contributed by atoms with E-state index < -0.39 is 5.76 Å². The van der Waals surface area contributed by atoms with Gasteiger partial charge in [0.2, 0.25) is 0 Å². The summed E-state index contributed by atoms with van der Waals surface area (Å²) in [6, 6.07) is 10.1. The third-order valence-electron chi connectivity index (χ3n) is 4.07. The maximum absolute atomic E-state index is 12.3. The summed E-state index contributed by atoms with van der Waals surface area (Å²) in [6.45, 7) is 0.550. The number of imide groups is 1. The van der Waals surface area contributed by atoms with E-state index in [1.807, 2.05) is 0 Å². The molecule has 7 heteroatoms. The van der Waals surface area contributed by atoms with E-state index in [9.17, 15) is 14.4 Å². The topological polar surface area (TPSA) is 85.4 Å². The van der Waals surface area contributed by atoms with Crippen molar-refractivity contribution in [3.8, 4) is 0 Å². The average Bonchev–Trinajstić information content (AvgIpc) is 3.04. The second-order valence-electron chi connectivity index (χ2n) is 5.51. The molecule has 0 saturated carbocycles. The van der Waals surface area contributed by atoms with Crippen molar-refractivity contribution in [2.75, 3.05) is 6.54 Å². The number of hydrogen-bond acceptors (Lipinski definition) is 5. The molecule has 4 rings (SSSR count). The Hall–Kier alpha value is -3.22. The minimum Gasteiger partial charge on any atom is -0.406 e. The summed E-state index contributed by atoms with van der Waals surface area (Å²) >= 11 is 0. The Morgan fingerprint density at radius 1 is 0.917 bits per heavy atom. The summed E-state index contributed by atoms with van der Waals surface area (Å²) in [5.41, 5.74) is 1.73. The number of carbonyl (C=O) groups is 2. The lowest BCUT2D eigenvalue weighted by molar-refractivity contribution is 0.0651. The number of benzene rings is 1. The molecule has 0 N–H and O–H groups in total. The molecule has 24 heavy (non-hydrogen) atoms. The van der Waals surface area contributed by atoms with Crippen LogP contribution in [0.1, 0.15) is 27.1 Å². The van der Waals surface area contributed by atoms with Crippen molar-refractivity contribution in [3.63, 3.8) is 0 Å². The molecule has 0 bridgehead atoms. The highest BCUT2D eigenvalue weighted by Crippen LogP contribution is 2.22. The van der Waals surface area contributed by atoms with Gasteiger partial charge in [-0.15, -0.1) is 0 Å². The molecule has 0 saturated heterocycles. The monoisotopic (exact) mass is 323 g/mol. The number of nitrogens with zero attached hydrogens (tertiary/aromatic N) is 3. The molecule has 2 amide bonds. The molecule has 2 aromatic heterocycles. The van der Waals surface area contributed by atoms with Crippen molar-refractivity contribution in [2.45, 2.75) is 13.0 Å². The zero-order valence-corrected chi connectivity index (χ0v) is 12.6. The van der Waals surface area contributed by atoms with Crippen molar-refractivity contribution in [1.29, 1.82) is 0 Å². The second kappa shape index (κ2) is 5.45. The molecular formula is C17H13N3O4. The number of aryl methyl sites for hydroxylation is 1. The Balaban J connectivity index is 1.50. The van der Waals surface area contributed by atoms with Gasteiger partial charge < -0.3 is 4.42 Å². The molecule has 1 aliphatic rings. The van der Waals surface area contributed by atoms with E-state index in [2.05, 4.69) is 4.98 Å². The molecule has 0 fully saturated rings. The number of fused-ring (bicyclic) bond motifs is 2. The summed E-state index contributed by atoms with van der Waals surface area (Å²) in [7, 11) is 0. The third-order valence-corrected chi connectivity index (χ3v) is 4.07. The van der Waals surface area contributed by atoms with Crippen LogP contribution in [0.25, 0.3) is 11.2 Å². The number of aromatic nitrogens is 2. The van der Waals surface area contributed by atoms with E-state index in [1.54, 1.807) is 42.6 Å². The standard InChI is InChI=1S/C17H13N3O4/c21-15-11-5-1-2-6-12(11)16(22)20(15)10-4-9-19-14-13(24-17(19)23)7-3-8-18-14/h1-3,5-8H,4,9-10H2. The third kappa shape index (κ3) is 2.13. The first-order valence-corrected chi connectivity index (χ1v) is 7.56. The fourth-order valence-corrected chi connectivity index (χ4v) is 2.93. The first-order chi connectivity index (χ1) is 11.7. The van der Waals surface area contributed by atoms with E-state index in [4.69, 9.17) is 4.42 Å². The van der Waals surface area contributed by atoms with Crippen LogP contribution in [0.3, 0.4) is 0 Å². The van der Waals surface area contributed by atoms with Gasteiger partial charge in [0.05, 0.1) is 11.1 Å². The fraction of sp³-hybridized carbons (Fsp3) is 0.176. The predicted molar refractivity (Wildman–Crippen MR) is 84.7 cm³/mol.